The Balaban J connectivity index is 2.20. The standard InChI is InChI=1S/C20H34N2O5S/c1-5-6-14-26-18-11-9-10-17(15-18)16-27-22-19(23)12-7-8-13-21-28(24,25)20(2,3)4/h9-11,15,21H,5-8,12-14,16H2,1-4H3,(H,22,23). The van der Waals surface area contributed by atoms with E-state index in [1.165, 1.54) is 0 Å². The Morgan fingerprint density at radius 3 is 2.57 bits per heavy atom. The van der Waals surface area contributed by atoms with Gasteiger partial charge in [-0.1, -0.05) is 25.5 Å². The summed E-state index contributed by atoms with van der Waals surface area (Å²) in [5.74, 6) is 0.563. The second-order valence-electron chi connectivity index (χ2n) is 7.63. The van der Waals surface area contributed by atoms with Crippen LogP contribution in [0.3, 0.4) is 0 Å². The molecule has 0 bridgehead atoms. The highest BCUT2D eigenvalue weighted by atomic mass is 32.2. The Bertz CT molecular complexity index is 699. The van der Waals surface area contributed by atoms with E-state index in [-0.39, 0.29) is 18.9 Å². The van der Waals surface area contributed by atoms with E-state index in [9.17, 15) is 13.2 Å². The van der Waals surface area contributed by atoms with Crippen LogP contribution in [0.25, 0.3) is 0 Å². The van der Waals surface area contributed by atoms with Gasteiger partial charge in [-0.15, -0.1) is 0 Å². The second-order valence-corrected chi connectivity index (χ2v) is 10.2. The lowest BCUT2D eigenvalue weighted by atomic mass is 10.2. The van der Waals surface area contributed by atoms with E-state index >= 15 is 0 Å². The van der Waals surface area contributed by atoms with Crippen molar-refractivity contribution in [1.29, 1.82) is 0 Å². The van der Waals surface area contributed by atoms with Crippen molar-refractivity contribution in [3.05, 3.63) is 29.8 Å². The minimum Gasteiger partial charge on any atom is -0.494 e. The second kappa shape index (κ2) is 12.0. The highest BCUT2D eigenvalue weighted by Crippen LogP contribution is 2.15. The highest BCUT2D eigenvalue weighted by molar-refractivity contribution is 7.90. The summed E-state index contributed by atoms with van der Waals surface area (Å²) in [5, 5.41) is 0. The predicted molar refractivity (Wildman–Crippen MR) is 110 cm³/mol. The smallest absolute Gasteiger partial charge is 0.243 e. The van der Waals surface area contributed by atoms with Crippen molar-refractivity contribution in [2.24, 2.45) is 0 Å². The largest absolute Gasteiger partial charge is 0.494 e. The SMILES string of the molecule is CCCCOc1cccc(CONC(=O)CCCCNS(=O)(=O)C(C)(C)C)c1. The van der Waals surface area contributed by atoms with E-state index in [1.54, 1.807) is 20.8 Å². The Hall–Kier alpha value is -1.64. The molecule has 0 spiro atoms. The number of hydrogen-bond acceptors (Lipinski definition) is 5. The molecule has 1 aromatic carbocycles. The summed E-state index contributed by atoms with van der Waals surface area (Å²) >= 11 is 0. The van der Waals surface area contributed by atoms with Crippen molar-refractivity contribution < 1.29 is 22.8 Å². The van der Waals surface area contributed by atoms with E-state index in [0.717, 1.165) is 24.2 Å². The van der Waals surface area contributed by atoms with Crippen molar-refractivity contribution in [2.75, 3.05) is 13.2 Å². The lowest BCUT2D eigenvalue weighted by Crippen LogP contribution is -2.39. The zero-order chi connectivity index (χ0) is 21.0. The summed E-state index contributed by atoms with van der Waals surface area (Å²) in [6, 6.07) is 7.58. The van der Waals surface area contributed by atoms with Crippen LogP contribution < -0.4 is 14.9 Å². The molecule has 7 nitrogen and oxygen atoms in total. The monoisotopic (exact) mass is 414 g/mol. The number of ether oxygens (including phenoxy) is 1. The molecule has 0 fully saturated rings. The highest BCUT2D eigenvalue weighted by Gasteiger charge is 2.27. The van der Waals surface area contributed by atoms with Crippen molar-refractivity contribution in [3.63, 3.8) is 0 Å². The van der Waals surface area contributed by atoms with Gasteiger partial charge in [0.2, 0.25) is 15.9 Å². The zero-order valence-electron chi connectivity index (χ0n) is 17.4. The molecule has 1 aromatic rings. The molecule has 0 saturated heterocycles. The van der Waals surface area contributed by atoms with Crippen LogP contribution in [-0.2, 0) is 26.3 Å². The average Bonchev–Trinajstić information content (AvgIpc) is 2.61. The van der Waals surface area contributed by atoms with Crippen LogP contribution in [-0.4, -0.2) is 32.2 Å². The number of sulfonamides is 1. The third-order valence-electron chi connectivity index (χ3n) is 4.02. The van der Waals surface area contributed by atoms with E-state index in [1.807, 2.05) is 24.3 Å². The molecule has 2 N–H and O–H groups in total. The minimum atomic E-state index is -3.34. The number of rotatable bonds is 13. The van der Waals surface area contributed by atoms with Gasteiger partial charge >= 0.3 is 0 Å². The van der Waals surface area contributed by atoms with Crippen LogP contribution in [0.15, 0.2) is 24.3 Å². The van der Waals surface area contributed by atoms with E-state index in [2.05, 4.69) is 17.1 Å². The molecule has 160 valence electrons. The van der Waals surface area contributed by atoms with Gasteiger partial charge in [-0.05, 0) is 57.7 Å². The average molecular weight is 415 g/mol. The van der Waals surface area contributed by atoms with Crippen molar-refractivity contribution in [2.45, 2.75) is 71.2 Å². The summed E-state index contributed by atoms with van der Waals surface area (Å²) in [6.07, 6.45) is 3.52. The number of amides is 1. The Morgan fingerprint density at radius 2 is 1.89 bits per heavy atom. The molecular weight excluding hydrogens is 380 g/mol. The number of carbonyl (C=O) groups excluding carboxylic acids is 1. The number of carbonyl (C=O) groups is 1. The maximum Gasteiger partial charge on any atom is 0.243 e. The topological polar surface area (TPSA) is 93.7 Å². The normalized spacial score (nSPS) is 12.0. The third kappa shape index (κ3) is 9.52. The lowest BCUT2D eigenvalue weighted by molar-refractivity contribution is -0.134. The fourth-order valence-electron chi connectivity index (χ4n) is 2.14. The van der Waals surface area contributed by atoms with Gasteiger partial charge in [0.05, 0.1) is 18.0 Å². The van der Waals surface area contributed by atoms with Gasteiger partial charge in [0.1, 0.15) is 5.75 Å². The van der Waals surface area contributed by atoms with Gasteiger partial charge in [0.15, 0.2) is 0 Å². The molecule has 0 radical (unpaired) electrons. The summed E-state index contributed by atoms with van der Waals surface area (Å²) in [6.45, 7) is 8.30. The van der Waals surface area contributed by atoms with Crippen molar-refractivity contribution in [3.8, 4) is 5.75 Å². The van der Waals surface area contributed by atoms with Gasteiger partial charge in [0, 0.05) is 13.0 Å². The van der Waals surface area contributed by atoms with Crippen molar-refractivity contribution in [1.82, 2.24) is 10.2 Å². The lowest BCUT2D eigenvalue weighted by Gasteiger charge is -2.19. The van der Waals surface area contributed by atoms with Crippen LogP contribution in [0.2, 0.25) is 0 Å². The Kier molecular flexibility index (Phi) is 10.5. The Morgan fingerprint density at radius 1 is 1.14 bits per heavy atom. The Labute approximate surface area is 169 Å². The van der Waals surface area contributed by atoms with E-state index in [0.29, 0.717) is 26.0 Å². The third-order valence-corrected chi connectivity index (χ3v) is 6.22. The molecule has 0 aliphatic rings. The molecule has 0 aromatic heterocycles. The molecule has 0 atom stereocenters. The maximum absolute atomic E-state index is 11.9. The van der Waals surface area contributed by atoms with Gasteiger partial charge in [-0.2, -0.15) is 0 Å². The van der Waals surface area contributed by atoms with Crippen LogP contribution in [0.4, 0.5) is 0 Å². The first-order chi connectivity index (χ1) is 13.2. The number of hydroxylamine groups is 1. The predicted octanol–water partition coefficient (Wildman–Crippen LogP) is 3.30. The fourth-order valence-corrected chi connectivity index (χ4v) is 2.99. The number of hydrogen-bond donors (Lipinski definition) is 2. The summed E-state index contributed by atoms with van der Waals surface area (Å²) in [4.78, 5) is 17.0. The molecule has 0 aliphatic heterocycles. The fraction of sp³-hybridized carbons (Fsp3) is 0.650. The molecule has 8 heteroatoms. The summed E-state index contributed by atoms with van der Waals surface area (Å²) in [7, 11) is -3.34. The molecule has 28 heavy (non-hydrogen) atoms. The quantitative estimate of drug-likeness (QED) is 0.381. The van der Waals surface area contributed by atoms with Gasteiger partial charge in [-0.3, -0.25) is 9.63 Å². The van der Waals surface area contributed by atoms with Gasteiger partial charge < -0.3 is 4.74 Å². The van der Waals surface area contributed by atoms with Crippen LogP contribution >= 0.6 is 0 Å². The molecule has 1 rings (SSSR count). The van der Waals surface area contributed by atoms with Crippen LogP contribution in [0.1, 0.15) is 65.4 Å². The molecule has 0 aliphatic carbocycles. The van der Waals surface area contributed by atoms with Gasteiger partial charge in [-0.25, -0.2) is 18.6 Å². The first-order valence-electron chi connectivity index (χ1n) is 9.77. The minimum absolute atomic E-state index is 0.228. The summed E-state index contributed by atoms with van der Waals surface area (Å²) < 4.78 is 31.2. The first-order valence-corrected chi connectivity index (χ1v) is 11.3. The van der Waals surface area contributed by atoms with E-state index in [4.69, 9.17) is 9.57 Å². The molecular formula is C20H34N2O5S. The molecule has 0 saturated carbocycles. The van der Waals surface area contributed by atoms with Crippen molar-refractivity contribution >= 4 is 15.9 Å². The number of nitrogens with one attached hydrogen (secondary N) is 2. The number of unbranched alkanes of at least 4 members (excludes halogenated alkanes) is 2. The zero-order valence-corrected chi connectivity index (χ0v) is 18.2. The number of benzene rings is 1. The molecule has 0 heterocycles. The van der Waals surface area contributed by atoms with Crippen LogP contribution in [0.5, 0.6) is 5.75 Å². The van der Waals surface area contributed by atoms with Gasteiger partial charge in [0.25, 0.3) is 0 Å². The molecule has 0 unspecified atom stereocenters. The maximum atomic E-state index is 11.9. The van der Waals surface area contributed by atoms with Crippen LogP contribution in [0, 0.1) is 0 Å². The molecule has 1 amide bonds. The van der Waals surface area contributed by atoms with E-state index < -0.39 is 14.8 Å². The summed E-state index contributed by atoms with van der Waals surface area (Å²) in [5.41, 5.74) is 3.32. The first kappa shape index (κ1) is 24.4.